The minimum Gasteiger partial charge on any atom is -0.390 e. The van der Waals surface area contributed by atoms with E-state index >= 15 is 0 Å². The zero-order valence-corrected chi connectivity index (χ0v) is 15.8. The first-order valence-corrected chi connectivity index (χ1v) is 9.12. The SMILES string of the molecule is CCC1(O)CCN(c2cc(=O)n(-c3cccc(Cl)c3Cl)c(C)n2)CC1. The van der Waals surface area contributed by atoms with Crippen LogP contribution in [0.25, 0.3) is 5.69 Å². The van der Waals surface area contributed by atoms with Crippen molar-refractivity contribution in [2.45, 2.75) is 38.7 Å². The second-order valence-electron chi connectivity index (χ2n) is 6.47. The molecule has 1 aliphatic rings. The summed E-state index contributed by atoms with van der Waals surface area (Å²) in [5.74, 6) is 1.18. The number of aryl methyl sites for hydroxylation is 1. The molecular formula is C18H21Cl2N3O2. The highest BCUT2D eigenvalue weighted by molar-refractivity contribution is 6.43. The molecule has 1 fully saturated rings. The lowest BCUT2D eigenvalue weighted by Gasteiger charge is -2.38. The molecule has 1 N–H and O–H groups in total. The van der Waals surface area contributed by atoms with Crippen LogP contribution >= 0.6 is 23.2 Å². The number of aliphatic hydroxyl groups is 1. The summed E-state index contributed by atoms with van der Waals surface area (Å²) in [7, 11) is 0. The van der Waals surface area contributed by atoms with Gasteiger partial charge in [-0.25, -0.2) is 4.98 Å². The summed E-state index contributed by atoms with van der Waals surface area (Å²) in [6.45, 7) is 5.12. The molecule has 2 aromatic rings. The minimum atomic E-state index is -0.602. The molecular weight excluding hydrogens is 361 g/mol. The van der Waals surface area contributed by atoms with Crippen molar-refractivity contribution in [2.24, 2.45) is 0 Å². The van der Waals surface area contributed by atoms with Crippen LogP contribution in [0, 0.1) is 6.92 Å². The van der Waals surface area contributed by atoms with Gasteiger partial charge in [0.15, 0.2) is 0 Å². The van der Waals surface area contributed by atoms with Crippen LogP contribution in [0.15, 0.2) is 29.1 Å². The lowest BCUT2D eigenvalue weighted by atomic mass is 9.89. The van der Waals surface area contributed by atoms with E-state index in [4.69, 9.17) is 23.2 Å². The van der Waals surface area contributed by atoms with Gasteiger partial charge < -0.3 is 10.0 Å². The second kappa shape index (κ2) is 6.98. The highest BCUT2D eigenvalue weighted by Gasteiger charge is 2.31. The van der Waals surface area contributed by atoms with E-state index in [2.05, 4.69) is 4.98 Å². The van der Waals surface area contributed by atoms with E-state index in [0.29, 0.717) is 53.3 Å². The number of halogens is 2. The second-order valence-corrected chi connectivity index (χ2v) is 7.26. The zero-order chi connectivity index (χ0) is 18.2. The molecule has 1 aromatic heterocycles. The number of rotatable bonds is 3. The number of aromatic nitrogens is 2. The molecule has 1 aromatic carbocycles. The Bertz CT molecular complexity index is 843. The van der Waals surface area contributed by atoms with Crippen LogP contribution in [0.3, 0.4) is 0 Å². The topological polar surface area (TPSA) is 58.4 Å². The fourth-order valence-electron chi connectivity index (χ4n) is 3.21. The Kier molecular flexibility index (Phi) is 5.09. The molecule has 7 heteroatoms. The number of hydrogen-bond donors (Lipinski definition) is 1. The number of benzene rings is 1. The van der Waals surface area contributed by atoms with Crippen molar-refractivity contribution in [3.63, 3.8) is 0 Å². The molecule has 134 valence electrons. The molecule has 0 saturated carbocycles. The van der Waals surface area contributed by atoms with Crippen molar-refractivity contribution in [3.05, 3.63) is 50.5 Å². The van der Waals surface area contributed by atoms with E-state index < -0.39 is 5.60 Å². The first kappa shape index (κ1) is 18.2. The van der Waals surface area contributed by atoms with Crippen LogP contribution in [-0.4, -0.2) is 33.3 Å². The van der Waals surface area contributed by atoms with E-state index in [1.165, 1.54) is 10.6 Å². The Morgan fingerprint density at radius 1 is 1.28 bits per heavy atom. The largest absolute Gasteiger partial charge is 0.390 e. The Morgan fingerprint density at radius 3 is 2.56 bits per heavy atom. The average Bonchev–Trinajstić information content (AvgIpc) is 2.58. The molecule has 0 aliphatic carbocycles. The summed E-state index contributed by atoms with van der Waals surface area (Å²) < 4.78 is 1.46. The van der Waals surface area contributed by atoms with Gasteiger partial charge in [0, 0.05) is 19.2 Å². The first-order chi connectivity index (χ1) is 11.8. The molecule has 1 saturated heterocycles. The van der Waals surface area contributed by atoms with Gasteiger partial charge in [-0.3, -0.25) is 9.36 Å². The number of nitrogens with zero attached hydrogens (tertiary/aromatic N) is 3. The van der Waals surface area contributed by atoms with Crippen molar-refractivity contribution < 1.29 is 5.11 Å². The Balaban J connectivity index is 1.94. The molecule has 25 heavy (non-hydrogen) atoms. The molecule has 3 rings (SSSR count). The van der Waals surface area contributed by atoms with Gasteiger partial charge in [0.05, 0.1) is 21.3 Å². The fourth-order valence-corrected chi connectivity index (χ4v) is 3.59. The van der Waals surface area contributed by atoms with Crippen molar-refractivity contribution in [1.29, 1.82) is 0 Å². The summed E-state index contributed by atoms with van der Waals surface area (Å²) in [5.41, 5.74) is -0.285. The number of hydrogen-bond acceptors (Lipinski definition) is 4. The van der Waals surface area contributed by atoms with Crippen molar-refractivity contribution >= 4 is 29.0 Å². The third-order valence-corrected chi connectivity index (χ3v) is 5.73. The van der Waals surface area contributed by atoms with Gasteiger partial charge in [0.1, 0.15) is 11.6 Å². The molecule has 0 unspecified atom stereocenters. The van der Waals surface area contributed by atoms with Gasteiger partial charge in [-0.1, -0.05) is 36.2 Å². The summed E-state index contributed by atoms with van der Waals surface area (Å²) in [6, 6.07) is 6.69. The maximum absolute atomic E-state index is 12.7. The van der Waals surface area contributed by atoms with E-state index in [0.717, 1.165) is 6.42 Å². The molecule has 0 amide bonds. The molecule has 0 spiro atoms. The molecule has 0 atom stereocenters. The summed E-state index contributed by atoms with van der Waals surface area (Å²) in [4.78, 5) is 19.3. The average molecular weight is 382 g/mol. The predicted molar refractivity (Wildman–Crippen MR) is 101 cm³/mol. The number of anilines is 1. The van der Waals surface area contributed by atoms with Crippen LogP contribution in [0.4, 0.5) is 5.82 Å². The molecule has 1 aliphatic heterocycles. The van der Waals surface area contributed by atoms with Crippen LogP contribution in [0.5, 0.6) is 0 Å². The Morgan fingerprint density at radius 2 is 1.96 bits per heavy atom. The zero-order valence-electron chi connectivity index (χ0n) is 14.3. The van der Waals surface area contributed by atoms with Gasteiger partial charge in [-0.2, -0.15) is 0 Å². The highest BCUT2D eigenvalue weighted by Crippen LogP contribution is 2.30. The quantitative estimate of drug-likeness (QED) is 0.882. The lowest BCUT2D eigenvalue weighted by molar-refractivity contribution is 0.0124. The standard InChI is InChI=1S/C18H21Cl2N3O2/c1-3-18(25)7-9-22(10-8-18)15-11-16(24)23(12(2)21-15)14-6-4-5-13(19)17(14)20/h4-6,11,25H,3,7-10H2,1-2H3. The summed E-state index contributed by atoms with van der Waals surface area (Å²) in [5, 5.41) is 11.1. The first-order valence-electron chi connectivity index (χ1n) is 8.37. The fraction of sp³-hybridized carbons (Fsp3) is 0.444. The summed E-state index contributed by atoms with van der Waals surface area (Å²) in [6.07, 6.45) is 2.09. The minimum absolute atomic E-state index is 0.206. The molecule has 5 nitrogen and oxygen atoms in total. The van der Waals surface area contributed by atoms with Gasteiger partial charge >= 0.3 is 0 Å². The third-order valence-electron chi connectivity index (χ3n) is 4.92. The third kappa shape index (κ3) is 3.54. The summed E-state index contributed by atoms with van der Waals surface area (Å²) >= 11 is 12.3. The van der Waals surface area contributed by atoms with Crippen molar-refractivity contribution in [1.82, 2.24) is 9.55 Å². The highest BCUT2D eigenvalue weighted by atomic mass is 35.5. The molecule has 0 bridgehead atoms. The van der Waals surface area contributed by atoms with Crippen molar-refractivity contribution in [2.75, 3.05) is 18.0 Å². The number of piperidine rings is 1. The van der Waals surface area contributed by atoms with Crippen LogP contribution < -0.4 is 10.5 Å². The van der Waals surface area contributed by atoms with Gasteiger partial charge in [0.2, 0.25) is 0 Å². The van der Waals surface area contributed by atoms with Crippen LogP contribution in [0.1, 0.15) is 32.0 Å². The monoisotopic (exact) mass is 381 g/mol. The molecule has 0 radical (unpaired) electrons. The van der Waals surface area contributed by atoms with Gasteiger partial charge in [-0.15, -0.1) is 0 Å². The Labute approximate surface area is 156 Å². The Hall–Kier alpha value is -1.56. The normalized spacial score (nSPS) is 16.9. The van der Waals surface area contributed by atoms with E-state index in [1.807, 2.05) is 11.8 Å². The predicted octanol–water partition coefficient (Wildman–Crippen LogP) is 3.59. The maximum Gasteiger partial charge on any atom is 0.260 e. The lowest BCUT2D eigenvalue weighted by Crippen LogP contribution is -2.44. The van der Waals surface area contributed by atoms with E-state index in [9.17, 15) is 9.90 Å². The smallest absolute Gasteiger partial charge is 0.260 e. The van der Waals surface area contributed by atoms with Crippen molar-refractivity contribution in [3.8, 4) is 5.69 Å². The molecule has 2 heterocycles. The van der Waals surface area contributed by atoms with E-state index in [-0.39, 0.29) is 5.56 Å². The van der Waals surface area contributed by atoms with Gasteiger partial charge in [-0.05, 0) is 38.3 Å². The van der Waals surface area contributed by atoms with Crippen LogP contribution in [0.2, 0.25) is 10.0 Å². The van der Waals surface area contributed by atoms with E-state index in [1.54, 1.807) is 25.1 Å². The van der Waals surface area contributed by atoms with Gasteiger partial charge in [0.25, 0.3) is 5.56 Å². The van der Waals surface area contributed by atoms with Crippen LogP contribution in [-0.2, 0) is 0 Å². The maximum atomic E-state index is 12.7.